The lowest BCUT2D eigenvalue weighted by atomic mass is 10.1. The predicted molar refractivity (Wildman–Crippen MR) is 83.1 cm³/mol. The molecule has 3 rings (SSSR count). The molecule has 102 valence electrons. The van der Waals surface area contributed by atoms with Crippen LogP contribution in [0.15, 0.2) is 24.4 Å². The number of rotatable bonds is 2. The van der Waals surface area contributed by atoms with Crippen molar-refractivity contribution in [3.63, 3.8) is 0 Å². The highest BCUT2D eigenvalue weighted by Crippen LogP contribution is 2.26. The Morgan fingerprint density at radius 1 is 1.05 bits per heavy atom. The molecule has 1 aliphatic heterocycles. The van der Waals surface area contributed by atoms with Crippen molar-refractivity contribution in [2.45, 2.75) is 37.4 Å². The molecule has 0 saturated carbocycles. The van der Waals surface area contributed by atoms with Gasteiger partial charge in [0.05, 0.1) is 5.69 Å². The first-order chi connectivity index (χ1) is 9.40. The number of halogens is 1. The summed E-state index contributed by atoms with van der Waals surface area (Å²) in [6.07, 6.45) is 8.78. The van der Waals surface area contributed by atoms with Crippen LogP contribution >= 0.6 is 15.9 Å². The minimum atomic E-state index is 0.851. The maximum atomic E-state index is 4.84. The van der Waals surface area contributed by atoms with E-state index >= 15 is 0 Å². The van der Waals surface area contributed by atoms with E-state index in [2.05, 4.69) is 49.6 Å². The van der Waals surface area contributed by atoms with E-state index in [1.165, 1.54) is 43.6 Å². The molecular formula is C15H20BrN3. The number of imidazole rings is 1. The summed E-state index contributed by atoms with van der Waals surface area (Å²) in [6.45, 7) is 2.29. The summed E-state index contributed by atoms with van der Waals surface area (Å²) in [5, 5.41) is 0.851. The fraction of sp³-hybridized carbons (Fsp3) is 0.533. The van der Waals surface area contributed by atoms with E-state index in [-0.39, 0.29) is 0 Å². The second-order valence-electron chi connectivity index (χ2n) is 5.20. The minimum Gasteiger partial charge on any atom is -0.355 e. The summed E-state index contributed by atoms with van der Waals surface area (Å²) in [5.74, 6) is 1.17. The third-order valence-electron chi connectivity index (χ3n) is 3.89. The lowest BCUT2D eigenvalue weighted by molar-refractivity contribution is 0.553. The largest absolute Gasteiger partial charge is 0.355 e. The number of fused-ring (bicyclic) bond motifs is 1. The zero-order valence-corrected chi connectivity index (χ0v) is 12.8. The number of pyridine rings is 1. The molecule has 0 radical (unpaired) electrons. The van der Waals surface area contributed by atoms with Crippen molar-refractivity contribution in [3.8, 4) is 0 Å². The third kappa shape index (κ3) is 2.64. The molecular weight excluding hydrogens is 302 g/mol. The van der Waals surface area contributed by atoms with Gasteiger partial charge < -0.3 is 9.30 Å². The van der Waals surface area contributed by atoms with Crippen LogP contribution in [0.5, 0.6) is 0 Å². The van der Waals surface area contributed by atoms with E-state index in [4.69, 9.17) is 4.98 Å². The zero-order valence-electron chi connectivity index (χ0n) is 11.2. The van der Waals surface area contributed by atoms with Crippen molar-refractivity contribution < 1.29 is 0 Å². The van der Waals surface area contributed by atoms with Crippen molar-refractivity contribution in [3.05, 3.63) is 30.1 Å². The van der Waals surface area contributed by atoms with Crippen LogP contribution in [0.25, 0.3) is 5.65 Å². The van der Waals surface area contributed by atoms with E-state index in [1.54, 1.807) is 0 Å². The second-order valence-corrected chi connectivity index (χ2v) is 5.76. The number of alkyl halides is 1. The molecule has 3 nitrogen and oxygen atoms in total. The van der Waals surface area contributed by atoms with Gasteiger partial charge in [0.15, 0.2) is 5.82 Å². The minimum absolute atomic E-state index is 0.851. The molecule has 0 atom stereocenters. The van der Waals surface area contributed by atoms with Gasteiger partial charge in [-0.25, -0.2) is 4.98 Å². The molecule has 3 heterocycles. The van der Waals surface area contributed by atoms with Gasteiger partial charge in [0.25, 0.3) is 0 Å². The standard InChI is InChI=1S/C15H20BrN3/c16-12-13-15(17-14-8-4-7-11-19(13)14)18-9-5-2-1-3-6-10-18/h4,7-8,11H,1-3,5-6,9-10,12H2. The van der Waals surface area contributed by atoms with Gasteiger partial charge in [0, 0.05) is 24.6 Å². The Balaban J connectivity index is 1.97. The number of hydrogen-bond acceptors (Lipinski definition) is 2. The molecule has 19 heavy (non-hydrogen) atoms. The smallest absolute Gasteiger partial charge is 0.152 e. The van der Waals surface area contributed by atoms with Gasteiger partial charge in [-0.3, -0.25) is 0 Å². The number of anilines is 1. The molecule has 0 amide bonds. The topological polar surface area (TPSA) is 20.5 Å². The van der Waals surface area contributed by atoms with E-state index in [9.17, 15) is 0 Å². The van der Waals surface area contributed by atoms with Crippen molar-refractivity contribution in [1.82, 2.24) is 9.38 Å². The van der Waals surface area contributed by atoms with Crippen molar-refractivity contribution >= 4 is 27.4 Å². The molecule has 1 aliphatic rings. The van der Waals surface area contributed by atoms with Crippen LogP contribution in [-0.2, 0) is 5.33 Å². The van der Waals surface area contributed by atoms with Crippen LogP contribution in [0.3, 0.4) is 0 Å². The van der Waals surface area contributed by atoms with Crippen molar-refractivity contribution in [1.29, 1.82) is 0 Å². The highest BCUT2D eigenvalue weighted by molar-refractivity contribution is 9.08. The van der Waals surface area contributed by atoms with Crippen LogP contribution in [0.2, 0.25) is 0 Å². The normalized spacial score (nSPS) is 17.4. The maximum absolute atomic E-state index is 4.84. The summed E-state index contributed by atoms with van der Waals surface area (Å²) in [7, 11) is 0. The molecule has 0 unspecified atom stereocenters. The number of nitrogens with zero attached hydrogens (tertiary/aromatic N) is 3. The van der Waals surface area contributed by atoms with E-state index in [0.29, 0.717) is 0 Å². The Morgan fingerprint density at radius 3 is 2.53 bits per heavy atom. The highest BCUT2D eigenvalue weighted by Gasteiger charge is 2.17. The van der Waals surface area contributed by atoms with Gasteiger partial charge in [-0.2, -0.15) is 0 Å². The Labute approximate surface area is 122 Å². The third-order valence-corrected chi connectivity index (χ3v) is 4.42. The van der Waals surface area contributed by atoms with E-state index in [0.717, 1.165) is 24.1 Å². The lowest BCUT2D eigenvalue weighted by Gasteiger charge is -2.25. The van der Waals surface area contributed by atoms with Crippen LogP contribution in [-0.4, -0.2) is 22.5 Å². The van der Waals surface area contributed by atoms with Crippen LogP contribution < -0.4 is 4.90 Å². The summed E-state index contributed by atoms with van der Waals surface area (Å²) < 4.78 is 2.20. The average Bonchev–Trinajstić information content (AvgIpc) is 2.76. The molecule has 0 aromatic carbocycles. The van der Waals surface area contributed by atoms with Crippen molar-refractivity contribution in [2.24, 2.45) is 0 Å². The molecule has 1 fully saturated rings. The number of hydrogen-bond donors (Lipinski definition) is 0. The summed E-state index contributed by atoms with van der Waals surface area (Å²) >= 11 is 3.62. The van der Waals surface area contributed by atoms with Gasteiger partial charge >= 0.3 is 0 Å². The first-order valence-corrected chi connectivity index (χ1v) is 8.29. The van der Waals surface area contributed by atoms with Gasteiger partial charge in [-0.1, -0.05) is 41.3 Å². The van der Waals surface area contributed by atoms with E-state index < -0.39 is 0 Å². The molecule has 2 aromatic heterocycles. The summed E-state index contributed by atoms with van der Waals surface area (Å²) in [4.78, 5) is 7.31. The molecule has 0 bridgehead atoms. The quantitative estimate of drug-likeness (QED) is 0.779. The van der Waals surface area contributed by atoms with Crippen molar-refractivity contribution in [2.75, 3.05) is 18.0 Å². The first-order valence-electron chi connectivity index (χ1n) is 7.17. The number of aromatic nitrogens is 2. The van der Waals surface area contributed by atoms with Gasteiger partial charge in [0.2, 0.25) is 0 Å². The van der Waals surface area contributed by atoms with Gasteiger partial charge in [-0.05, 0) is 25.0 Å². The Morgan fingerprint density at radius 2 is 1.79 bits per heavy atom. The SMILES string of the molecule is BrCc1c(N2CCCCCCC2)nc2ccccn12. The molecule has 0 N–H and O–H groups in total. The maximum Gasteiger partial charge on any atom is 0.152 e. The zero-order chi connectivity index (χ0) is 13.1. The lowest BCUT2D eigenvalue weighted by Crippen LogP contribution is -2.28. The Bertz CT molecular complexity index is 541. The van der Waals surface area contributed by atoms with Gasteiger partial charge in [-0.15, -0.1) is 0 Å². The molecule has 0 spiro atoms. The van der Waals surface area contributed by atoms with Gasteiger partial charge in [0.1, 0.15) is 5.65 Å². The molecule has 1 saturated heterocycles. The van der Waals surface area contributed by atoms with Crippen LogP contribution in [0.4, 0.5) is 5.82 Å². The van der Waals surface area contributed by atoms with Crippen LogP contribution in [0.1, 0.15) is 37.8 Å². The monoisotopic (exact) mass is 321 g/mol. The van der Waals surface area contributed by atoms with E-state index in [1.807, 2.05) is 0 Å². The fourth-order valence-electron chi connectivity index (χ4n) is 2.87. The summed E-state index contributed by atoms with van der Waals surface area (Å²) in [5.41, 5.74) is 2.32. The average molecular weight is 322 g/mol. The second kappa shape index (κ2) is 5.95. The Kier molecular flexibility index (Phi) is 4.06. The molecule has 2 aromatic rings. The molecule has 4 heteroatoms. The summed E-state index contributed by atoms with van der Waals surface area (Å²) in [6, 6.07) is 6.20. The predicted octanol–water partition coefficient (Wildman–Crippen LogP) is 4.00. The first kappa shape index (κ1) is 13.0. The van der Waals surface area contributed by atoms with Crippen LogP contribution in [0, 0.1) is 0 Å². The Hall–Kier alpha value is -1.03. The molecule has 0 aliphatic carbocycles. The highest BCUT2D eigenvalue weighted by atomic mass is 79.9. The fourth-order valence-corrected chi connectivity index (χ4v) is 3.39.